The standard InChI is InChI=1S/C9H10FIN2O6/c10-9(18)6(16)4(3-14)19-7(9)12-2-1-5(15)13(11)8(12)17/h1-2,4,6-7,14,16,18H,3H2/t4-,6-,7?,9+/m1/s1. The lowest BCUT2D eigenvalue weighted by molar-refractivity contribution is -0.197. The molecular formula is C9H10FIN2O6. The average Bonchev–Trinajstić information content (AvgIpc) is 2.59. The Morgan fingerprint density at radius 2 is 2.16 bits per heavy atom. The van der Waals surface area contributed by atoms with Crippen molar-refractivity contribution in [2.24, 2.45) is 0 Å². The van der Waals surface area contributed by atoms with Gasteiger partial charge in [0, 0.05) is 12.3 Å². The molecular weight excluding hydrogens is 378 g/mol. The Labute approximate surface area is 119 Å². The van der Waals surface area contributed by atoms with Crippen molar-refractivity contribution in [2.45, 2.75) is 24.3 Å². The number of hydrogen-bond donors (Lipinski definition) is 3. The van der Waals surface area contributed by atoms with Crippen LogP contribution in [0.4, 0.5) is 4.39 Å². The predicted molar refractivity (Wildman–Crippen MR) is 67.4 cm³/mol. The number of nitrogens with zero attached hydrogens (tertiary/aromatic N) is 2. The molecule has 8 nitrogen and oxygen atoms in total. The first kappa shape index (κ1) is 14.6. The fraction of sp³-hybridized carbons (Fsp3) is 0.556. The van der Waals surface area contributed by atoms with Crippen molar-refractivity contribution >= 4 is 22.9 Å². The summed E-state index contributed by atoms with van der Waals surface area (Å²) in [6.07, 6.45) is -4.29. The number of hydrogen-bond acceptors (Lipinski definition) is 6. The summed E-state index contributed by atoms with van der Waals surface area (Å²) in [5, 5.41) is 27.9. The SMILES string of the molecule is O=c1ccn(C2O[C@H](CO)[C@@H](O)[C@@]2(O)F)c(=O)n1I. The molecule has 0 spiro atoms. The Morgan fingerprint density at radius 1 is 1.53 bits per heavy atom. The zero-order chi connectivity index (χ0) is 14.4. The van der Waals surface area contributed by atoms with Crippen LogP contribution < -0.4 is 11.2 Å². The zero-order valence-electron chi connectivity index (χ0n) is 9.31. The predicted octanol–water partition coefficient (Wildman–Crippen LogP) is -1.88. The number of ether oxygens (including phenoxy) is 1. The molecule has 1 unspecified atom stereocenters. The van der Waals surface area contributed by atoms with E-state index in [-0.39, 0.29) is 0 Å². The van der Waals surface area contributed by atoms with E-state index in [1.54, 1.807) is 0 Å². The van der Waals surface area contributed by atoms with Crippen molar-refractivity contribution in [1.29, 1.82) is 0 Å². The monoisotopic (exact) mass is 388 g/mol. The molecule has 0 amide bonds. The maximum atomic E-state index is 14.0. The van der Waals surface area contributed by atoms with E-state index in [2.05, 4.69) is 0 Å². The molecule has 1 fully saturated rings. The average molecular weight is 388 g/mol. The van der Waals surface area contributed by atoms with Crippen LogP contribution in [0, 0.1) is 0 Å². The molecule has 2 rings (SSSR count). The van der Waals surface area contributed by atoms with Gasteiger partial charge in [-0.05, 0) is 0 Å². The second-order valence-corrected chi connectivity index (χ2v) is 4.97. The van der Waals surface area contributed by atoms with Crippen LogP contribution in [0.2, 0.25) is 0 Å². The fourth-order valence-electron chi connectivity index (χ4n) is 1.79. The van der Waals surface area contributed by atoms with Gasteiger partial charge in [0.25, 0.3) is 11.4 Å². The lowest BCUT2D eigenvalue weighted by Gasteiger charge is -2.23. The number of aliphatic hydroxyl groups is 3. The van der Waals surface area contributed by atoms with Gasteiger partial charge in [-0.25, -0.2) is 9.18 Å². The van der Waals surface area contributed by atoms with Crippen molar-refractivity contribution in [3.05, 3.63) is 33.1 Å². The lowest BCUT2D eigenvalue weighted by atomic mass is 10.1. The number of halogens is 2. The van der Waals surface area contributed by atoms with Gasteiger partial charge in [0.2, 0.25) is 0 Å². The van der Waals surface area contributed by atoms with Gasteiger partial charge in [-0.1, -0.05) is 0 Å². The van der Waals surface area contributed by atoms with Crippen LogP contribution in [-0.2, 0) is 4.74 Å². The van der Waals surface area contributed by atoms with E-state index in [1.165, 1.54) is 22.9 Å². The van der Waals surface area contributed by atoms with Crippen LogP contribution in [0.5, 0.6) is 0 Å². The van der Waals surface area contributed by atoms with Gasteiger partial charge in [-0.15, -0.1) is 0 Å². The second-order valence-electron chi connectivity index (χ2n) is 4.01. The van der Waals surface area contributed by atoms with Crippen LogP contribution in [0.15, 0.2) is 21.9 Å². The summed E-state index contributed by atoms with van der Waals surface area (Å²) in [4.78, 5) is 23.0. The third kappa shape index (κ3) is 2.23. The minimum Gasteiger partial charge on any atom is -0.394 e. The minimum atomic E-state index is -3.26. The van der Waals surface area contributed by atoms with Gasteiger partial charge in [-0.3, -0.25) is 9.36 Å². The van der Waals surface area contributed by atoms with E-state index in [1.807, 2.05) is 0 Å². The summed E-state index contributed by atoms with van der Waals surface area (Å²) >= 11 is 1.41. The summed E-state index contributed by atoms with van der Waals surface area (Å²) in [6.45, 7) is -0.734. The zero-order valence-corrected chi connectivity index (χ0v) is 11.5. The number of aromatic nitrogens is 2. The Morgan fingerprint density at radius 3 is 2.68 bits per heavy atom. The molecule has 1 aliphatic rings. The van der Waals surface area contributed by atoms with E-state index in [0.29, 0.717) is 7.35 Å². The molecule has 4 atom stereocenters. The van der Waals surface area contributed by atoms with E-state index in [4.69, 9.17) is 9.84 Å². The third-order valence-electron chi connectivity index (χ3n) is 2.81. The first-order chi connectivity index (χ1) is 8.80. The van der Waals surface area contributed by atoms with Crippen LogP contribution in [0.3, 0.4) is 0 Å². The molecule has 0 saturated carbocycles. The summed E-state index contributed by atoms with van der Waals surface area (Å²) in [5.41, 5.74) is -1.55. The van der Waals surface area contributed by atoms with E-state index in [9.17, 15) is 24.2 Å². The number of aliphatic hydroxyl groups excluding tert-OH is 2. The second kappa shape index (κ2) is 4.94. The lowest BCUT2D eigenvalue weighted by Crippen LogP contribution is -2.46. The minimum absolute atomic E-state index is 0.624. The normalized spacial score (nSPS) is 34.7. The molecule has 19 heavy (non-hydrogen) atoms. The highest BCUT2D eigenvalue weighted by Crippen LogP contribution is 2.38. The molecule has 106 valence electrons. The first-order valence-corrected chi connectivity index (χ1v) is 6.13. The van der Waals surface area contributed by atoms with E-state index < -0.39 is 42.1 Å². The Balaban J connectivity index is 2.51. The topological polar surface area (TPSA) is 114 Å². The fourth-order valence-corrected chi connectivity index (χ4v) is 2.20. The molecule has 10 heteroatoms. The highest BCUT2D eigenvalue weighted by Gasteiger charge is 2.57. The van der Waals surface area contributed by atoms with Crippen molar-refractivity contribution in [2.75, 3.05) is 6.61 Å². The Bertz CT molecular complexity index is 599. The van der Waals surface area contributed by atoms with Crippen LogP contribution in [0.1, 0.15) is 6.23 Å². The molecule has 2 heterocycles. The maximum absolute atomic E-state index is 14.0. The third-order valence-corrected chi connectivity index (χ3v) is 3.70. The van der Waals surface area contributed by atoms with Gasteiger partial charge in [-0.2, -0.15) is 2.78 Å². The van der Waals surface area contributed by atoms with Gasteiger partial charge >= 0.3 is 5.69 Å². The van der Waals surface area contributed by atoms with Crippen molar-refractivity contribution in [3.63, 3.8) is 0 Å². The van der Waals surface area contributed by atoms with Gasteiger partial charge in [0.15, 0.2) is 6.23 Å². The summed E-state index contributed by atoms with van der Waals surface area (Å²) in [7, 11) is 0. The molecule has 1 aromatic rings. The molecule has 0 radical (unpaired) electrons. The Kier molecular flexibility index (Phi) is 3.79. The van der Waals surface area contributed by atoms with Crippen LogP contribution in [-0.4, -0.2) is 47.3 Å². The molecule has 1 aliphatic heterocycles. The highest BCUT2D eigenvalue weighted by atomic mass is 127. The van der Waals surface area contributed by atoms with Crippen molar-refractivity contribution < 1.29 is 24.4 Å². The number of alkyl halides is 1. The van der Waals surface area contributed by atoms with E-state index in [0.717, 1.165) is 12.3 Å². The van der Waals surface area contributed by atoms with Gasteiger partial charge in [0.1, 0.15) is 12.2 Å². The van der Waals surface area contributed by atoms with Crippen LogP contribution >= 0.6 is 22.9 Å². The smallest absolute Gasteiger partial charge is 0.342 e. The molecule has 1 saturated heterocycles. The molecule has 1 aromatic heterocycles. The van der Waals surface area contributed by atoms with Crippen molar-refractivity contribution in [3.8, 4) is 0 Å². The summed E-state index contributed by atoms with van der Waals surface area (Å²) in [6, 6.07) is 0.978. The molecule has 0 bridgehead atoms. The maximum Gasteiger partial charge on any atom is 0.342 e. The molecule has 0 aliphatic carbocycles. The Hall–Kier alpha value is -0.820. The summed E-state index contributed by atoms with van der Waals surface area (Å²) < 4.78 is 20.2. The van der Waals surface area contributed by atoms with Gasteiger partial charge in [0.05, 0.1) is 29.5 Å². The molecule has 0 aromatic carbocycles. The first-order valence-electron chi connectivity index (χ1n) is 5.16. The molecule has 3 N–H and O–H groups in total. The largest absolute Gasteiger partial charge is 0.394 e. The van der Waals surface area contributed by atoms with Crippen LogP contribution in [0.25, 0.3) is 0 Å². The highest BCUT2D eigenvalue weighted by molar-refractivity contribution is 14.1. The number of rotatable bonds is 2. The van der Waals surface area contributed by atoms with Crippen molar-refractivity contribution in [1.82, 2.24) is 7.35 Å². The summed E-state index contributed by atoms with van der Waals surface area (Å²) in [5.74, 6) is -3.26. The van der Waals surface area contributed by atoms with Gasteiger partial charge < -0.3 is 20.1 Å². The quantitative estimate of drug-likeness (QED) is 0.511. The van der Waals surface area contributed by atoms with E-state index >= 15 is 0 Å².